The van der Waals surface area contributed by atoms with E-state index in [-0.39, 0.29) is 0 Å². The number of para-hydroxylation sites is 1. The SMILES string of the molecule is COCCCCNCC1CCOc2ccccc21. The van der Waals surface area contributed by atoms with Crippen molar-refractivity contribution in [2.75, 3.05) is 33.4 Å². The first-order valence-electron chi connectivity index (χ1n) is 6.83. The van der Waals surface area contributed by atoms with E-state index < -0.39 is 0 Å². The predicted molar refractivity (Wildman–Crippen MR) is 73.3 cm³/mol. The summed E-state index contributed by atoms with van der Waals surface area (Å²) in [4.78, 5) is 0. The molecule has 1 N–H and O–H groups in total. The molecule has 3 nitrogen and oxygen atoms in total. The zero-order valence-corrected chi connectivity index (χ0v) is 11.2. The quantitative estimate of drug-likeness (QED) is 0.753. The topological polar surface area (TPSA) is 30.5 Å². The first-order valence-corrected chi connectivity index (χ1v) is 6.83. The normalized spacial score (nSPS) is 18.2. The molecule has 0 bridgehead atoms. The van der Waals surface area contributed by atoms with Crippen molar-refractivity contribution in [1.82, 2.24) is 5.32 Å². The largest absolute Gasteiger partial charge is 0.493 e. The van der Waals surface area contributed by atoms with Crippen LogP contribution in [0.2, 0.25) is 0 Å². The second-order valence-electron chi connectivity index (χ2n) is 4.78. The van der Waals surface area contributed by atoms with Gasteiger partial charge in [0.1, 0.15) is 5.75 Å². The Labute approximate surface area is 109 Å². The molecular weight excluding hydrogens is 226 g/mol. The number of hydrogen-bond donors (Lipinski definition) is 1. The summed E-state index contributed by atoms with van der Waals surface area (Å²) in [5.41, 5.74) is 1.35. The van der Waals surface area contributed by atoms with Crippen molar-refractivity contribution >= 4 is 0 Å². The van der Waals surface area contributed by atoms with E-state index in [1.807, 2.05) is 6.07 Å². The van der Waals surface area contributed by atoms with E-state index in [1.54, 1.807) is 7.11 Å². The lowest BCUT2D eigenvalue weighted by atomic mass is 9.93. The summed E-state index contributed by atoms with van der Waals surface area (Å²) in [5.74, 6) is 1.66. The van der Waals surface area contributed by atoms with Crippen LogP contribution < -0.4 is 10.1 Å². The van der Waals surface area contributed by atoms with Crippen molar-refractivity contribution in [2.45, 2.75) is 25.2 Å². The summed E-state index contributed by atoms with van der Waals surface area (Å²) >= 11 is 0. The molecule has 3 heteroatoms. The predicted octanol–water partition coefficient (Wildman–Crippen LogP) is 2.57. The summed E-state index contributed by atoms with van der Waals surface area (Å²) in [6, 6.07) is 8.39. The third-order valence-corrected chi connectivity index (χ3v) is 3.43. The molecule has 1 aliphatic rings. The van der Waals surface area contributed by atoms with Crippen LogP contribution in [0.4, 0.5) is 0 Å². The smallest absolute Gasteiger partial charge is 0.122 e. The fraction of sp³-hybridized carbons (Fsp3) is 0.600. The highest BCUT2D eigenvalue weighted by atomic mass is 16.5. The van der Waals surface area contributed by atoms with Crippen LogP contribution in [0.25, 0.3) is 0 Å². The van der Waals surface area contributed by atoms with Gasteiger partial charge in [-0.15, -0.1) is 0 Å². The van der Waals surface area contributed by atoms with Crippen LogP contribution in [0.15, 0.2) is 24.3 Å². The molecule has 1 aromatic carbocycles. The Bertz CT molecular complexity index is 354. The Morgan fingerprint density at radius 2 is 2.22 bits per heavy atom. The summed E-state index contributed by atoms with van der Waals surface area (Å²) < 4.78 is 10.7. The fourth-order valence-corrected chi connectivity index (χ4v) is 2.40. The molecular formula is C15H23NO2. The van der Waals surface area contributed by atoms with Crippen LogP contribution >= 0.6 is 0 Å². The zero-order chi connectivity index (χ0) is 12.6. The summed E-state index contributed by atoms with van der Waals surface area (Å²) in [6.45, 7) is 3.82. The summed E-state index contributed by atoms with van der Waals surface area (Å²) in [7, 11) is 1.76. The lowest BCUT2D eigenvalue weighted by Crippen LogP contribution is -2.26. The maximum atomic E-state index is 5.67. The van der Waals surface area contributed by atoms with Gasteiger partial charge in [-0.3, -0.25) is 0 Å². The Kier molecular flexibility index (Phi) is 5.49. The van der Waals surface area contributed by atoms with E-state index in [9.17, 15) is 0 Å². The third-order valence-electron chi connectivity index (χ3n) is 3.43. The highest BCUT2D eigenvalue weighted by molar-refractivity contribution is 5.37. The minimum atomic E-state index is 0.595. The highest BCUT2D eigenvalue weighted by Crippen LogP contribution is 2.32. The lowest BCUT2D eigenvalue weighted by Gasteiger charge is -2.26. The van der Waals surface area contributed by atoms with Crippen LogP contribution in [-0.4, -0.2) is 33.4 Å². The van der Waals surface area contributed by atoms with E-state index in [4.69, 9.17) is 9.47 Å². The van der Waals surface area contributed by atoms with Crippen LogP contribution in [0.3, 0.4) is 0 Å². The maximum Gasteiger partial charge on any atom is 0.122 e. The highest BCUT2D eigenvalue weighted by Gasteiger charge is 2.20. The molecule has 0 amide bonds. The average molecular weight is 249 g/mol. The Balaban J connectivity index is 1.74. The molecule has 0 fully saturated rings. The molecule has 0 radical (unpaired) electrons. The average Bonchev–Trinajstić information content (AvgIpc) is 2.43. The summed E-state index contributed by atoms with van der Waals surface area (Å²) in [6.07, 6.45) is 3.43. The van der Waals surface area contributed by atoms with Gasteiger partial charge in [0.05, 0.1) is 6.61 Å². The molecule has 1 heterocycles. The van der Waals surface area contributed by atoms with Crippen LogP contribution in [0.5, 0.6) is 5.75 Å². The molecule has 18 heavy (non-hydrogen) atoms. The van der Waals surface area contributed by atoms with Gasteiger partial charge in [0, 0.05) is 26.2 Å². The molecule has 100 valence electrons. The van der Waals surface area contributed by atoms with Gasteiger partial charge < -0.3 is 14.8 Å². The number of ether oxygens (including phenoxy) is 2. The van der Waals surface area contributed by atoms with Crippen molar-refractivity contribution in [3.8, 4) is 5.75 Å². The van der Waals surface area contributed by atoms with Crippen LogP contribution in [0.1, 0.15) is 30.7 Å². The number of benzene rings is 1. The minimum absolute atomic E-state index is 0.595. The van der Waals surface area contributed by atoms with Crippen LogP contribution in [-0.2, 0) is 4.74 Å². The molecule has 2 rings (SSSR count). The molecule has 1 unspecified atom stereocenters. The third kappa shape index (κ3) is 3.72. The number of methoxy groups -OCH3 is 1. The monoisotopic (exact) mass is 249 g/mol. The fourth-order valence-electron chi connectivity index (χ4n) is 2.40. The Morgan fingerprint density at radius 3 is 3.11 bits per heavy atom. The van der Waals surface area contributed by atoms with E-state index in [1.165, 1.54) is 12.0 Å². The molecule has 0 spiro atoms. The second kappa shape index (κ2) is 7.39. The number of unbranched alkanes of at least 4 members (excludes halogenated alkanes) is 1. The van der Waals surface area contributed by atoms with Crippen molar-refractivity contribution < 1.29 is 9.47 Å². The van der Waals surface area contributed by atoms with Gasteiger partial charge in [-0.25, -0.2) is 0 Å². The number of hydrogen-bond acceptors (Lipinski definition) is 3. The van der Waals surface area contributed by atoms with Gasteiger partial charge in [0.2, 0.25) is 0 Å². The van der Waals surface area contributed by atoms with Crippen molar-refractivity contribution in [3.05, 3.63) is 29.8 Å². The van der Waals surface area contributed by atoms with Crippen molar-refractivity contribution in [3.63, 3.8) is 0 Å². The lowest BCUT2D eigenvalue weighted by molar-refractivity contribution is 0.192. The van der Waals surface area contributed by atoms with Crippen molar-refractivity contribution in [2.24, 2.45) is 0 Å². The van der Waals surface area contributed by atoms with Gasteiger partial charge in [-0.2, -0.15) is 0 Å². The Morgan fingerprint density at radius 1 is 1.33 bits per heavy atom. The maximum absolute atomic E-state index is 5.67. The first kappa shape index (κ1) is 13.4. The number of nitrogens with one attached hydrogen (secondary N) is 1. The summed E-state index contributed by atoms with van der Waals surface area (Å²) in [5, 5.41) is 3.54. The number of fused-ring (bicyclic) bond motifs is 1. The zero-order valence-electron chi connectivity index (χ0n) is 11.2. The van der Waals surface area contributed by atoms with E-state index in [0.29, 0.717) is 5.92 Å². The van der Waals surface area contributed by atoms with E-state index in [2.05, 4.69) is 23.5 Å². The molecule has 0 aliphatic carbocycles. The van der Waals surface area contributed by atoms with E-state index >= 15 is 0 Å². The molecule has 0 saturated heterocycles. The molecule has 0 aromatic heterocycles. The van der Waals surface area contributed by atoms with Gasteiger partial charge in [0.15, 0.2) is 0 Å². The van der Waals surface area contributed by atoms with Gasteiger partial charge in [0.25, 0.3) is 0 Å². The van der Waals surface area contributed by atoms with E-state index in [0.717, 1.165) is 44.9 Å². The second-order valence-corrected chi connectivity index (χ2v) is 4.78. The van der Waals surface area contributed by atoms with Gasteiger partial charge in [-0.1, -0.05) is 18.2 Å². The van der Waals surface area contributed by atoms with Crippen LogP contribution in [0, 0.1) is 0 Å². The molecule has 0 saturated carbocycles. The minimum Gasteiger partial charge on any atom is -0.493 e. The first-order chi connectivity index (χ1) is 8.92. The van der Waals surface area contributed by atoms with Gasteiger partial charge >= 0.3 is 0 Å². The van der Waals surface area contributed by atoms with Gasteiger partial charge in [-0.05, 0) is 37.4 Å². The number of rotatable bonds is 7. The van der Waals surface area contributed by atoms with Crippen molar-refractivity contribution in [1.29, 1.82) is 0 Å². The standard InChI is InChI=1S/C15H23NO2/c1-17-10-5-4-9-16-12-13-8-11-18-15-7-3-2-6-14(13)15/h2-3,6-7,13,16H,4-5,8-12H2,1H3. The molecule has 1 aromatic rings. The molecule has 1 aliphatic heterocycles. The molecule has 1 atom stereocenters. The Hall–Kier alpha value is -1.06.